The van der Waals surface area contributed by atoms with Gasteiger partial charge in [-0.25, -0.2) is 4.68 Å². The predicted octanol–water partition coefficient (Wildman–Crippen LogP) is 2.31. The van der Waals surface area contributed by atoms with Gasteiger partial charge in [-0.15, -0.1) is 0 Å². The van der Waals surface area contributed by atoms with Crippen LogP contribution in [0.3, 0.4) is 0 Å². The molecule has 3 N–H and O–H groups in total. The number of fused-ring (bicyclic) bond motifs is 1. The van der Waals surface area contributed by atoms with Gasteiger partial charge >= 0.3 is 0 Å². The van der Waals surface area contributed by atoms with Gasteiger partial charge in [0.05, 0.1) is 26.5 Å². The number of nitrogens with zero attached hydrogens (tertiary/aromatic N) is 3. The second kappa shape index (κ2) is 4.61. The van der Waals surface area contributed by atoms with Crippen LogP contribution in [-0.4, -0.2) is 20.6 Å². The molecule has 0 atom stereocenters. The monoisotopic (exact) mass is 363 g/mol. The molecule has 0 aliphatic carbocycles. The Labute approximate surface area is 123 Å². The van der Waals surface area contributed by atoms with Gasteiger partial charge in [0.15, 0.2) is 0 Å². The van der Waals surface area contributed by atoms with Gasteiger partial charge in [-0.1, -0.05) is 18.2 Å². The average Bonchev–Trinajstić information content (AvgIpc) is 2.83. The number of benzene rings is 1. The largest absolute Gasteiger partial charge is 0.384 e. The van der Waals surface area contributed by atoms with Crippen molar-refractivity contribution in [3.8, 4) is 5.69 Å². The highest BCUT2D eigenvalue weighted by atomic mass is 127. The standard InChI is InChI=1S/C13H10IN5/c14-8-5-18-19(7-8)12-9-3-1-2-4-11(9)17-6-10(12)13(15)16/h1-7H,(H3,15,16). The molecule has 0 saturated heterocycles. The number of pyridine rings is 1. The number of aromatic nitrogens is 3. The molecule has 6 heteroatoms. The molecule has 0 aliphatic heterocycles. The zero-order chi connectivity index (χ0) is 13.4. The van der Waals surface area contributed by atoms with E-state index in [1.165, 1.54) is 0 Å². The Morgan fingerprint density at radius 3 is 2.74 bits per heavy atom. The first-order valence-corrected chi connectivity index (χ1v) is 6.67. The van der Waals surface area contributed by atoms with Gasteiger partial charge in [0, 0.05) is 17.8 Å². The van der Waals surface area contributed by atoms with Crippen molar-refractivity contribution in [1.29, 1.82) is 5.41 Å². The Balaban J connectivity index is 2.41. The first-order valence-electron chi connectivity index (χ1n) is 5.59. The van der Waals surface area contributed by atoms with Crippen LogP contribution in [0.25, 0.3) is 16.6 Å². The maximum atomic E-state index is 7.70. The average molecular weight is 363 g/mol. The molecule has 3 aromatic rings. The van der Waals surface area contributed by atoms with Crippen molar-refractivity contribution in [2.24, 2.45) is 5.73 Å². The summed E-state index contributed by atoms with van der Waals surface area (Å²) in [5.41, 5.74) is 7.88. The fourth-order valence-electron chi connectivity index (χ4n) is 1.99. The van der Waals surface area contributed by atoms with Crippen LogP contribution in [0.1, 0.15) is 5.56 Å². The zero-order valence-corrected chi connectivity index (χ0v) is 12.0. The van der Waals surface area contributed by atoms with Crippen LogP contribution in [0.2, 0.25) is 0 Å². The molecule has 0 saturated carbocycles. The van der Waals surface area contributed by atoms with E-state index in [1.54, 1.807) is 17.1 Å². The van der Waals surface area contributed by atoms with E-state index >= 15 is 0 Å². The number of rotatable bonds is 2. The van der Waals surface area contributed by atoms with Crippen molar-refractivity contribution >= 4 is 39.3 Å². The third-order valence-electron chi connectivity index (χ3n) is 2.82. The molecular weight excluding hydrogens is 353 g/mol. The van der Waals surface area contributed by atoms with Crippen LogP contribution in [0.5, 0.6) is 0 Å². The van der Waals surface area contributed by atoms with Gasteiger partial charge in [0.1, 0.15) is 5.84 Å². The van der Waals surface area contributed by atoms with Gasteiger partial charge in [0.25, 0.3) is 0 Å². The molecule has 0 unspecified atom stereocenters. The van der Waals surface area contributed by atoms with E-state index in [2.05, 4.69) is 32.7 Å². The van der Waals surface area contributed by atoms with E-state index in [-0.39, 0.29) is 5.84 Å². The molecular formula is C13H10IN5. The SMILES string of the molecule is N=C(N)c1cnc2ccccc2c1-n1cc(I)cn1. The van der Waals surface area contributed by atoms with E-state index in [4.69, 9.17) is 11.1 Å². The van der Waals surface area contributed by atoms with Crippen molar-refractivity contribution in [1.82, 2.24) is 14.8 Å². The lowest BCUT2D eigenvalue weighted by Gasteiger charge is -2.11. The van der Waals surface area contributed by atoms with Gasteiger partial charge in [0.2, 0.25) is 0 Å². The van der Waals surface area contributed by atoms with Gasteiger partial charge in [-0.3, -0.25) is 10.4 Å². The molecule has 0 radical (unpaired) electrons. The van der Waals surface area contributed by atoms with E-state index in [0.717, 1.165) is 20.2 Å². The molecule has 0 spiro atoms. The minimum Gasteiger partial charge on any atom is -0.384 e. The number of hydrogen-bond donors (Lipinski definition) is 2. The third-order valence-corrected chi connectivity index (χ3v) is 3.37. The molecule has 3 rings (SSSR count). The molecule has 2 heterocycles. The summed E-state index contributed by atoms with van der Waals surface area (Å²) in [6.07, 6.45) is 5.28. The molecule has 0 aliphatic rings. The summed E-state index contributed by atoms with van der Waals surface area (Å²) in [6.45, 7) is 0. The summed E-state index contributed by atoms with van der Waals surface area (Å²) in [4.78, 5) is 4.33. The second-order valence-electron chi connectivity index (χ2n) is 4.05. The number of hydrogen-bond acceptors (Lipinski definition) is 3. The lowest BCUT2D eigenvalue weighted by atomic mass is 10.1. The third kappa shape index (κ3) is 2.07. The highest BCUT2D eigenvalue weighted by molar-refractivity contribution is 14.1. The van der Waals surface area contributed by atoms with Crippen LogP contribution in [0, 0.1) is 8.98 Å². The van der Waals surface area contributed by atoms with Crippen molar-refractivity contribution in [2.75, 3.05) is 0 Å². The predicted molar refractivity (Wildman–Crippen MR) is 82.6 cm³/mol. The highest BCUT2D eigenvalue weighted by Gasteiger charge is 2.13. The molecule has 0 fully saturated rings. The van der Waals surface area contributed by atoms with Crippen LogP contribution >= 0.6 is 22.6 Å². The Morgan fingerprint density at radius 2 is 2.05 bits per heavy atom. The fourth-order valence-corrected chi connectivity index (χ4v) is 2.38. The number of para-hydroxylation sites is 1. The lowest BCUT2D eigenvalue weighted by molar-refractivity contribution is 0.883. The first-order chi connectivity index (χ1) is 9.16. The van der Waals surface area contributed by atoms with Gasteiger partial charge in [-0.2, -0.15) is 5.10 Å². The quantitative estimate of drug-likeness (QED) is 0.417. The summed E-state index contributed by atoms with van der Waals surface area (Å²) >= 11 is 2.20. The van der Waals surface area contributed by atoms with Crippen molar-refractivity contribution in [3.05, 3.63) is 52.0 Å². The van der Waals surface area contributed by atoms with Crippen LogP contribution in [-0.2, 0) is 0 Å². The minimum absolute atomic E-state index is 0.0150. The normalized spacial score (nSPS) is 10.8. The van der Waals surface area contributed by atoms with Crippen molar-refractivity contribution < 1.29 is 0 Å². The first kappa shape index (κ1) is 12.1. The minimum atomic E-state index is -0.0150. The van der Waals surface area contributed by atoms with E-state index in [1.807, 2.05) is 30.5 Å². The number of nitrogens with one attached hydrogen (secondary N) is 1. The zero-order valence-electron chi connectivity index (χ0n) is 9.84. The summed E-state index contributed by atoms with van der Waals surface area (Å²) in [5.74, 6) is -0.0150. The molecule has 0 bridgehead atoms. The topological polar surface area (TPSA) is 80.6 Å². The Morgan fingerprint density at radius 1 is 1.26 bits per heavy atom. The molecule has 94 valence electrons. The van der Waals surface area contributed by atoms with E-state index < -0.39 is 0 Å². The fraction of sp³-hybridized carbons (Fsp3) is 0. The van der Waals surface area contributed by atoms with E-state index in [9.17, 15) is 0 Å². The molecule has 1 aromatic carbocycles. The lowest BCUT2D eigenvalue weighted by Crippen LogP contribution is -2.16. The van der Waals surface area contributed by atoms with Crippen LogP contribution in [0.15, 0.2) is 42.9 Å². The summed E-state index contributed by atoms with van der Waals surface area (Å²) < 4.78 is 2.76. The smallest absolute Gasteiger partial charge is 0.126 e. The number of halogens is 1. The summed E-state index contributed by atoms with van der Waals surface area (Å²) in [7, 11) is 0. The summed E-state index contributed by atoms with van der Waals surface area (Å²) in [5, 5.41) is 12.9. The molecule has 5 nitrogen and oxygen atoms in total. The molecule has 2 aromatic heterocycles. The number of nitrogen functional groups attached to an aromatic ring is 1. The molecule has 19 heavy (non-hydrogen) atoms. The number of amidine groups is 1. The van der Waals surface area contributed by atoms with E-state index in [0.29, 0.717) is 5.56 Å². The Hall–Kier alpha value is -1.96. The second-order valence-corrected chi connectivity index (χ2v) is 5.30. The van der Waals surface area contributed by atoms with Crippen LogP contribution in [0.4, 0.5) is 0 Å². The Bertz CT molecular complexity index is 778. The maximum absolute atomic E-state index is 7.70. The van der Waals surface area contributed by atoms with Gasteiger partial charge < -0.3 is 5.73 Å². The van der Waals surface area contributed by atoms with Gasteiger partial charge in [-0.05, 0) is 28.7 Å². The highest BCUT2D eigenvalue weighted by Crippen LogP contribution is 2.24. The van der Waals surface area contributed by atoms with Crippen LogP contribution < -0.4 is 5.73 Å². The number of nitrogens with two attached hydrogens (primary N) is 1. The van der Waals surface area contributed by atoms with Crippen molar-refractivity contribution in [2.45, 2.75) is 0 Å². The molecule has 0 amide bonds. The van der Waals surface area contributed by atoms with Crippen molar-refractivity contribution in [3.63, 3.8) is 0 Å². The Kier molecular flexibility index (Phi) is 2.94. The maximum Gasteiger partial charge on any atom is 0.126 e. The summed E-state index contributed by atoms with van der Waals surface area (Å²) in [6, 6.07) is 7.75.